The molecule has 3 aliphatic heterocycles. The molecule has 0 spiro atoms. The zero-order valence-corrected chi connectivity index (χ0v) is 20.1. The number of rotatable bonds is 6. The van der Waals surface area contributed by atoms with Crippen LogP contribution in [0.2, 0.25) is 0 Å². The van der Waals surface area contributed by atoms with Crippen LogP contribution in [0.25, 0.3) is 11.5 Å². The maximum absolute atomic E-state index is 12.8. The summed E-state index contributed by atoms with van der Waals surface area (Å²) in [5.74, 6) is -1.13. The van der Waals surface area contributed by atoms with Crippen LogP contribution in [0.15, 0.2) is 28.5 Å². The molecule has 0 aliphatic carbocycles. The third kappa shape index (κ3) is 5.65. The fourth-order valence-electron chi connectivity index (χ4n) is 4.07. The zero-order valence-electron chi connectivity index (χ0n) is 19.3. The van der Waals surface area contributed by atoms with Gasteiger partial charge in [-0.15, -0.1) is 0 Å². The largest absolute Gasteiger partial charge is 0.504 e. The Hall–Kier alpha value is -3.77. The van der Waals surface area contributed by atoms with Crippen molar-refractivity contribution in [2.24, 2.45) is 11.7 Å². The molecule has 196 valence electrons. The van der Waals surface area contributed by atoms with E-state index in [4.69, 9.17) is 11.5 Å². The van der Waals surface area contributed by atoms with Crippen LogP contribution >= 0.6 is 11.8 Å². The lowest BCUT2D eigenvalue weighted by Crippen LogP contribution is -2.53. The fourth-order valence-corrected chi connectivity index (χ4v) is 4.92. The molecular weight excluding hydrogens is 513 g/mol. The standard InChI is InChI=1S/C22H23F3N8O3S/c23-22(24,25)17(27)20(36)32-4-1-11(2-5-32)3-6-33-10-29-18(28)16-19(33)31-21(30-16)37-15-8-14(35)13(34)7-12(15)9-26/h7-8,10-11,17,34-35H,1-6,27-28H2. The van der Waals surface area contributed by atoms with Gasteiger partial charge in [0.15, 0.2) is 40.0 Å². The molecule has 11 nitrogen and oxygen atoms in total. The number of nitrogens with zero attached hydrogens (tertiary/aromatic N) is 6. The van der Waals surface area contributed by atoms with Gasteiger partial charge in [0.1, 0.15) is 6.07 Å². The number of piperidine rings is 1. The second-order valence-electron chi connectivity index (χ2n) is 8.63. The van der Waals surface area contributed by atoms with E-state index in [-0.39, 0.29) is 41.3 Å². The lowest BCUT2D eigenvalue weighted by atomic mass is 9.93. The molecule has 6 N–H and O–H groups in total. The van der Waals surface area contributed by atoms with Gasteiger partial charge in [0.25, 0.3) is 0 Å². The number of halogens is 3. The molecular formula is C22H23F3N8O3S. The Morgan fingerprint density at radius 2 is 1.92 bits per heavy atom. The van der Waals surface area contributed by atoms with E-state index in [1.165, 1.54) is 12.4 Å². The topological polar surface area (TPSA) is 180 Å². The minimum Gasteiger partial charge on any atom is -0.504 e. The van der Waals surface area contributed by atoms with Gasteiger partial charge < -0.3 is 31.1 Å². The summed E-state index contributed by atoms with van der Waals surface area (Å²) < 4.78 is 40.0. The number of hydrogen-bond acceptors (Lipinski definition) is 10. The van der Waals surface area contributed by atoms with Crippen molar-refractivity contribution in [3.8, 4) is 29.1 Å². The van der Waals surface area contributed by atoms with Crippen LogP contribution in [0.3, 0.4) is 0 Å². The van der Waals surface area contributed by atoms with Crippen LogP contribution in [0, 0.1) is 17.2 Å². The van der Waals surface area contributed by atoms with E-state index in [0.29, 0.717) is 42.2 Å². The molecule has 15 heteroatoms. The lowest BCUT2D eigenvalue weighted by Gasteiger charge is -2.34. The van der Waals surface area contributed by atoms with E-state index in [1.807, 2.05) is 6.07 Å². The number of imidazole rings is 1. The molecule has 0 saturated carbocycles. The number of likely N-dealkylation sites (tertiary alicyclic amines) is 1. The van der Waals surface area contributed by atoms with Crippen molar-refractivity contribution in [3.63, 3.8) is 0 Å². The average Bonchev–Trinajstić information content (AvgIpc) is 3.29. The number of nitriles is 1. The van der Waals surface area contributed by atoms with Gasteiger partial charge in [0.05, 0.1) is 11.9 Å². The van der Waals surface area contributed by atoms with Crippen LogP contribution in [0.1, 0.15) is 24.8 Å². The van der Waals surface area contributed by atoms with Crippen LogP contribution < -0.4 is 11.5 Å². The maximum atomic E-state index is 12.8. The SMILES string of the molecule is N#Cc1cc(O)c(O)cc1Sc1nc2c(N)ncn(CCC3CCN(C(=O)C(N)C(F)(F)F)CC3)c-2n1. The van der Waals surface area contributed by atoms with E-state index in [2.05, 4.69) is 15.0 Å². The number of hydrogen-bond donors (Lipinski definition) is 4. The number of phenols is 2. The Labute approximate surface area is 213 Å². The van der Waals surface area contributed by atoms with Gasteiger partial charge >= 0.3 is 6.18 Å². The molecule has 0 bridgehead atoms. The Morgan fingerprint density at radius 1 is 1.24 bits per heavy atom. The molecule has 1 aromatic rings. The van der Waals surface area contributed by atoms with Crippen molar-refractivity contribution in [2.45, 2.75) is 48.1 Å². The minimum absolute atomic E-state index is 0.133. The highest BCUT2D eigenvalue weighted by Crippen LogP contribution is 2.38. The molecule has 0 aromatic heterocycles. The van der Waals surface area contributed by atoms with E-state index in [1.54, 1.807) is 4.57 Å². The van der Waals surface area contributed by atoms with Gasteiger partial charge in [-0.2, -0.15) is 18.4 Å². The number of aryl methyl sites for hydroxylation is 1. The highest BCUT2D eigenvalue weighted by atomic mass is 32.2. The molecule has 1 aromatic carbocycles. The molecule has 3 heterocycles. The van der Waals surface area contributed by atoms with Crippen LogP contribution in [0.5, 0.6) is 11.5 Å². The number of nitrogen functional groups attached to an aromatic ring is 1. The first kappa shape index (κ1) is 26.3. The summed E-state index contributed by atoms with van der Waals surface area (Å²) in [6, 6.07) is 1.82. The normalized spacial score (nSPS) is 15.6. The number of anilines is 1. The highest BCUT2D eigenvalue weighted by Gasteiger charge is 2.44. The number of aromatic nitrogens is 4. The van der Waals surface area contributed by atoms with Crippen molar-refractivity contribution < 1.29 is 28.2 Å². The second kappa shape index (κ2) is 10.3. The van der Waals surface area contributed by atoms with Gasteiger partial charge in [-0.05, 0) is 43.0 Å². The zero-order chi connectivity index (χ0) is 26.9. The van der Waals surface area contributed by atoms with Crippen LogP contribution in [-0.4, -0.2) is 65.8 Å². The third-order valence-corrected chi connectivity index (χ3v) is 7.12. The van der Waals surface area contributed by atoms with E-state index >= 15 is 0 Å². The fraction of sp³-hybridized carbons (Fsp3) is 0.409. The molecule has 1 fully saturated rings. The summed E-state index contributed by atoms with van der Waals surface area (Å²) in [5, 5.41) is 29.0. The summed E-state index contributed by atoms with van der Waals surface area (Å²) in [6.07, 6.45) is -1.50. The summed E-state index contributed by atoms with van der Waals surface area (Å²) in [5.41, 5.74) is 11.5. The molecule has 4 rings (SSSR count). The predicted octanol–water partition coefficient (Wildman–Crippen LogP) is 2.31. The van der Waals surface area contributed by atoms with Gasteiger partial charge in [-0.25, -0.2) is 15.0 Å². The Bertz CT molecular complexity index is 1320. The first-order valence-corrected chi connectivity index (χ1v) is 12.0. The average molecular weight is 537 g/mol. The second-order valence-corrected chi connectivity index (χ2v) is 9.64. The predicted molar refractivity (Wildman–Crippen MR) is 125 cm³/mol. The van der Waals surface area contributed by atoms with Crippen molar-refractivity contribution in [1.29, 1.82) is 5.26 Å². The number of phenolic OH excluding ortho intramolecular Hbond substituents is 2. The smallest absolute Gasteiger partial charge is 0.412 e. The quantitative estimate of drug-likeness (QED) is 0.341. The van der Waals surface area contributed by atoms with E-state index in [0.717, 1.165) is 22.7 Å². The Balaban J connectivity index is 1.43. The van der Waals surface area contributed by atoms with Crippen LogP contribution in [-0.2, 0) is 11.3 Å². The number of fused-ring (bicyclic) bond motifs is 1. The van der Waals surface area contributed by atoms with Gasteiger partial charge in [-0.1, -0.05) is 0 Å². The monoisotopic (exact) mass is 536 g/mol. The number of amides is 1. The number of nitrogens with two attached hydrogens (primary N) is 2. The van der Waals surface area contributed by atoms with Crippen molar-refractivity contribution >= 4 is 23.5 Å². The third-order valence-electron chi connectivity index (χ3n) is 6.19. The summed E-state index contributed by atoms with van der Waals surface area (Å²) >= 11 is 1.02. The number of aromatic hydroxyl groups is 2. The molecule has 0 radical (unpaired) electrons. The molecule has 37 heavy (non-hydrogen) atoms. The Kier molecular flexibility index (Phi) is 7.32. The van der Waals surface area contributed by atoms with E-state index < -0.39 is 23.9 Å². The van der Waals surface area contributed by atoms with Crippen LogP contribution in [0.4, 0.5) is 19.0 Å². The number of carbonyl (C=O) groups excluding carboxylic acids is 1. The van der Waals surface area contributed by atoms with Crippen molar-refractivity contribution in [2.75, 3.05) is 18.8 Å². The van der Waals surface area contributed by atoms with Crippen molar-refractivity contribution in [1.82, 2.24) is 24.4 Å². The lowest BCUT2D eigenvalue weighted by molar-refractivity contribution is -0.170. The molecule has 1 atom stereocenters. The van der Waals surface area contributed by atoms with Gasteiger partial charge in [-0.3, -0.25) is 4.79 Å². The number of benzene rings is 1. The van der Waals surface area contributed by atoms with Gasteiger partial charge in [0.2, 0.25) is 5.91 Å². The molecule has 1 amide bonds. The minimum atomic E-state index is -4.77. The first-order valence-electron chi connectivity index (χ1n) is 11.2. The maximum Gasteiger partial charge on any atom is 0.412 e. The Morgan fingerprint density at radius 3 is 2.57 bits per heavy atom. The van der Waals surface area contributed by atoms with E-state index in [9.17, 15) is 33.4 Å². The molecule has 1 unspecified atom stereocenters. The van der Waals surface area contributed by atoms with Crippen molar-refractivity contribution in [3.05, 3.63) is 24.0 Å². The summed E-state index contributed by atoms with van der Waals surface area (Å²) in [6.45, 7) is 0.882. The summed E-state index contributed by atoms with van der Waals surface area (Å²) in [7, 11) is 0. The van der Waals surface area contributed by atoms with Gasteiger partial charge in [0, 0.05) is 30.6 Å². The number of carbonyl (C=O) groups is 1. The number of alkyl halides is 3. The summed E-state index contributed by atoms with van der Waals surface area (Å²) in [4.78, 5) is 26.6. The highest BCUT2D eigenvalue weighted by molar-refractivity contribution is 7.99. The molecule has 1 saturated heterocycles. The first-order chi connectivity index (χ1) is 17.5. The molecule has 3 aliphatic rings.